The van der Waals surface area contributed by atoms with Crippen LogP contribution in [0.3, 0.4) is 0 Å². The molecule has 0 radical (unpaired) electrons. The lowest BCUT2D eigenvalue weighted by Gasteiger charge is -1.99. The van der Waals surface area contributed by atoms with E-state index in [0.29, 0.717) is 11.7 Å². The standard InChI is InChI=1S/C17H15N3O/c1-11-2-4-12(5-3-11)16-19-17(21-20-16)13-6-7-14-9-18-10-15(14)8-13/h2-8,18H,9-10H2,1H3. The first-order valence-electron chi connectivity index (χ1n) is 7.03. The second-order valence-electron chi connectivity index (χ2n) is 5.38. The van der Waals surface area contributed by atoms with Gasteiger partial charge in [0.05, 0.1) is 0 Å². The molecule has 3 aromatic rings. The van der Waals surface area contributed by atoms with Gasteiger partial charge in [0.2, 0.25) is 5.82 Å². The van der Waals surface area contributed by atoms with Gasteiger partial charge in [-0.05, 0) is 30.2 Å². The van der Waals surface area contributed by atoms with Gasteiger partial charge in [-0.1, -0.05) is 41.1 Å². The average molecular weight is 277 g/mol. The molecule has 4 nitrogen and oxygen atoms in total. The smallest absolute Gasteiger partial charge is 0.258 e. The molecule has 1 aromatic heterocycles. The third-order valence-electron chi connectivity index (χ3n) is 3.82. The molecule has 0 saturated carbocycles. The van der Waals surface area contributed by atoms with Gasteiger partial charge in [0.25, 0.3) is 5.89 Å². The average Bonchev–Trinajstić information content (AvgIpc) is 3.16. The molecule has 0 bridgehead atoms. The number of fused-ring (bicyclic) bond motifs is 1. The van der Waals surface area contributed by atoms with E-state index in [2.05, 4.69) is 34.5 Å². The quantitative estimate of drug-likeness (QED) is 0.780. The van der Waals surface area contributed by atoms with Crippen LogP contribution in [0.1, 0.15) is 16.7 Å². The second-order valence-corrected chi connectivity index (χ2v) is 5.38. The van der Waals surface area contributed by atoms with E-state index in [0.717, 1.165) is 24.2 Å². The van der Waals surface area contributed by atoms with Crippen molar-refractivity contribution in [2.75, 3.05) is 0 Å². The number of rotatable bonds is 2. The number of aryl methyl sites for hydroxylation is 1. The molecule has 0 amide bonds. The molecule has 104 valence electrons. The molecule has 4 heteroatoms. The Labute approximate surface area is 122 Å². The van der Waals surface area contributed by atoms with Crippen molar-refractivity contribution in [3.8, 4) is 22.8 Å². The van der Waals surface area contributed by atoms with Gasteiger partial charge in [0.15, 0.2) is 0 Å². The van der Waals surface area contributed by atoms with Crippen LogP contribution in [-0.4, -0.2) is 10.1 Å². The number of nitrogens with zero attached hydrogens (tertiary/aromatic N) is 2. The zero-order valence-corrected chi connectivity index (χ0v) is 11.8. The number of aromatic nitrogens is 2. The molecular formula is C17H15N3O. The van der Waals surface area contributed by atoms with E-state index in [1.54, 1.807) is 0 Å². The fourth-order valence-corrected chi connectivity index (χ4v) is 2.59. The molecule has 0 unspecified atom stereocenters. The highest BCUT2D eigenvalue weighted by Crippen LogP contribution is 2.26. The maximum absolute atomic E-state index is 5.41. The molecule has 21 heavy (non-hydrogen) atoms. The molecule has 1 N–H and O–H groups in total. The Hall–Kier alpha value is -2.46. The van der Waals surface area contributed by atoms with Gasteiger partial charge in [-0.3, -0.25) is 0 Å². The topological polar surface area (TPSA) is 51.0 Å². The zero-order chi connectivity index (χ0) is 14.2. The summed E-state index contributed by atoms with van der Waals surface area (Å²) in [5, 5.41) is 7.42. The minimum absolute atomic E-state index is 0.570. The maximum atomic E-state index is 5.41. The SMILES string of the molecule is Cc1ccc(-c2noc(-c3ccc4c(c3)CNC4)n2)cc1. The van der Waals surface area contributed by atoms with Crippen molar-refractivity contribution in [3.05, 3.63) is 59.2 Å². The third-order valence-corrected chi connectivity index (χ3v) is 3.82. The number of hydrogen-bond acceptors (Lipinski definition) is 4. The fourth-order valence-electron chi connectivity index (χ4n) is 2.59. The molecule has 1 aliphatic heterocycles. The summed E-state index contributed by atoms with van der Waals surface area (Å²) in [5.74, 6) is 1.20. The van der Waals surface area contributed by atoms with Crippen molar-refractivity contribution >= 4 is 0 Å². The minimum atomic E-state index is 0.570. The van der Waals surface area contributed by atoms with Crippen LogP contribution in [-0.2, 0) is 13.1 Å². The van der Waals surface area contributed by atoms with Gasteiger partial charge in [-0.25, -0.2) is 0 Å². The van der Waals surface area contributed by atoms with Crippen LogP contribution in [0.25, 0.3) is 22.8 Å². The summed E-state index contributed by atoms with van der Waals surface area (Å²) in [5.41, 5.74) is 5.81. The van der Waals surface area contributed by atoms with Gasteiger partial charge in [-0.15, -0.1) is 0 Å². The third kappa shape index (κ3) is 2.23. The number of hydrogen-bond donors (Lipinski definition) is 1. The van der Waals surface area contributed by atoms with E-state index in [-0.39, 0.29) is 0 Å². The van der Waals surface area contributed by atoms with Gasteiger partial charge < -0.3 is 9.84 Å². The van der Waals surface area contributed by atoms with Gasteiger partial charge in [0.1, 0.15) is 0 Å². The van der Waals surface area contributed by atoms with Crippen molar-refractivity contribution in [3.63, 3.8) is 0 Å². The monoisotopic (exact) mass is 277 g/mol. The van der Waals surface area contributed by atoms with Gasteiger partial charge in [-0.2, -0.15) is 4.98 Å². The summed E-state index contributed by atoms with van der Waals surface area (Å²) in [6.07, 6.45) is 0. The van der Waals surface area contributed by atoms with Crippen molar-refractivity contribution < 1.29 is 4.52 Å². The molecule has 0 fully saturated rings. The van der Waals surface area contributed by atoms with E-state index in [1.807, 2.05) is 30.3 Å². The van der Waals surface area contributed by atoms with Crippen LogP contribution in [0.15, 0.2) is 47.0 Å². The Morgan fingerprint density at radius 1 is 0.952 bits per heavy atom. The molecule has 2 aromatic carbocycles. The Morgan fingerprint density at radius 3 is 2.57 bits per heavy atom. The predicted molar refractivity (Wildman–Crippen MR) is 80.5 cm³/mol. The van der Waals surface area contributed by atoms with Crippen molar-refractivity contribution in [1.82, 2.24) is 15.5 Å². The van der Waals surface area contributed by atoms with Crippen LogP contribution in [0.4, 0.5) is 0 Å². The molecule has 0 spiro atoms. The molecule has 2 heterocycles. The number of nitrogens with one attached hydrogen (secondary N) is 1. The summed E-state index contributed by atoms with van der Waals surface area (Å²) in [7, 11) is 0. The molecule has 1 aliphatic rings. The van der Waals surface area contributed by atoms with Crippen LogP contribution in [0.2, 0.25) is 0 Å². The van der Waals surface area contributed by atoms with Gasteiger partial charge in [0, 0.05) is 24.2 Å². The maximum Gasteiger partial charge on any atom is 0.258 e. The summed E-state index contributed by atoms with van der Waals surface area (Å²) in [6, 6.07) is 14.4. The van der Waals surface area contributed by atoms with E-state index in [9.17, 15) is 0 Å². The predicted octanol–water partition coefficient (Wildman–Crippen LogP) is 3.32. The van der Waals surface area contributed by atoms with Crippen molar-refractivity contribution in [1.29, 1.82) is 0 Å². The summed E-state index contributed by atoms with van der Waals surface area (Å²) in [6.45, 7) is 3.90. The van der Waals surface area contributed by atoms with Gasteiger partial charge >= 0.3 is 0 Å². The Morgan fingerprint density at radius 2 is 1.71 bits per heavy atom. The highest BCUT2D eigenvalue weighted by Gasteiger charge is 2.14. The van der Waals surface area contributed by atoms with E-state index in [1.165, 1.54) is 16.7 Å². The summed E-state index contributed by atoms with van der Waals surface area (Å²) < 4.78 is 5.41. The lowest BCUT2D eigenvalue weighted by molar-refractivity contribution is 0.432. The zero-order valence-electron chi connectivity index (χ0n) is 11.8. The van der Waals surface area contributed by atoms with E-state index >= 15 is 0 Å². The molecule has 0 atom stereocenters. The van der Waals surface area contributed by atoms with E-state index < -0.39 is 0 Å². The van der Waals surface area contributed by atoms with Crippen LogP contribution in [0, 0.1) is 6.92 Å². The highest BCUT2D eigenvalue weighted by atomic mass is 16.5. The summed E-state index contributed by atoms with van der Waals surface area (Å²) >= 11 is 0. The highest BCUT2D eigenvalue weighted by molar-refractivity contribution is 5.61. The van der Waals surface area contributed by atoms with Crippen molar-refractivity contribution in [2.45, 2.75) is 20.0 Å². The van der Waals surface area contributed by atoms with Crippen LogP contribution >= 0.6 is 0 Å². The number of benzene rings is 2. The lowest BCUT2D eigenvalue weighted by atomic mass is 10.1. The summed E-state index contributed by atoms with van der Waals surface area (Å²) in [4.78, 5) is 4.51. The Kier molecular flexibility index (Phi) is 2.82. The Balaban J connectivity index is 1.69. The first-order chi connectivity index (χ1) is 10.3. The molecular weight excluding hydrogens is 262 g/mol. The second kappa shape index (κ2) is 4.82. The minimum Gasteiger partial charge on any atom is -0.334 e. The fraction of sp³-hybridized carbons (Fsp3) is 0.176. The lowest BCUT2D eigenvalue weighted by Crippen LogP contribution is -1.99. The first kappa shape index (κ1) is 12.3. The van der Waals surface area contributed by atoms with E-state index in [4.69, 9.17) is 4.52 Å². The largest absolute Gasteiger partial charge is 0.334 e. The molecule has 0 aliphatic carbocycles. The molecule has 4 rings (SSSR count). The normalized spacial score (nSPS) is 13.4. The Bertz CT molecular complexity index is 790. The van der Waals surface area contributed by atoms with Crippen LogP contribution < -0.4 is 5.32 Å². The van der Waals surface area contributed by atoms with Crippen LogP contribution in [0.5, 0.6) is 0 Å². The molecule has 0 saturated heterocycles. The van der Waals surface area contributed by atoms with Crippen molar-refractivity contribution in [2.24, 2.45) is 0 Å². The first-order valence-corrected chi connectivity index (χ1v) is 7.03.